The summed E-state index contributed by atoms with van der Waals surface area (Å²) in [7, 11) is 0. The molecule has 5 heavy (non-hydrogen) atoms. The van der Waals surface area contributed by atoms with Crippen molar-refractivity contribution in [3.05, 3.63) is 6.42 Å². The van der Waals surface area contributed by atoms with E-state index in [9.17, 15) is 0 Å². The van der Waals surface area contributed by atoms with Crippen molar-refractivity contribution in [2.45, 2.75) is 13.8 Å². The Morgan fingerprint density at radius 3 is 1.20 bits per heavy atom. The van der Waals surface area contributed by atoms with Crippen molar-refractivity contribution in [2.24, 2.45) is 0 Å². The molecule has 0 aliphatic rings. The van der Waals surface area contributed by atoms with E-state index >= 15 is 0 Å². The molecule has 0 aromatic rings. The summed E-state index contributed by atoms with van der Waals surface area (Å²) in [6, 6.07) is 0. The first kappa shape index (κ1) is 17.7. The first-order valence-corrected chi connectivity index (χ1v) is 1.15. The Balaban J connectivity index is -0.0000000200. The Labute approximate surface area is 44.5 Å². The van der Waals surface area contributed by atoms with Gasteiger partial charge >= 0.3 is 18.9 Å². The Morgan fingerprint density at radius 2 is 1.20 bits per heavy atom. The molecule has 0 fully saturated rings. The van der Waals surface area contributed by atoms with Gasteiger partial charge in [-0.25, -0.2) is 0 Å². The molecule has 0 heterocycles. The van der Waals surface area contributed by atoms with E-state index in [4.69, 9.17) is 0 Å². The van der Waals surface area contributed by atoms with Gasteiger partial charge in [0.25, 0.3) is 0 Å². The minimum absolute atomic E-state index is 0. The Morgan fingerprint density at radius 1 is 1.20 bits per heavy atom. The van der Waals surface area contributed by atoms with Crippen molar-refractivity contribution in [1.82, 2.24) is 0 Å². The molecule has 0 aromatic carbocycles. The van der Waals surface area contributed by atoms with Gasteiger partial charge in [0.15, 0.2) is 0 Å². The molecule has 0 aliphatic heterocycles. The molecular formula is C3H8FLi. The van der Waals surface area contributed by atoms with E-state index in [0.29, 0.717) is 0 Å². The van der Waals surface area contributed by atoms with Gasteiger partial charge in [-0.05, 0) is 0 Å². The number of rotatable bonds is 0. The Kier molecular flexibility index (Phi) is 85.7. The molecule has 0 nitrogen and oxygen atoms in total. The van der Waals surface area contributed by atoms with Crippen LogP contribution in [0.15, 0.2) is 0 Å². The summed E-state index contributed by atoms with van der Waals surface area (Å²) in [4.78, 5) is 0. The molecule has 0 saturated carbocycles. The molecule has 0 bridgehead atoms. The standard InChI is InChI=1S/C3H7.FH.Li/c1-3-2;;/h3H,1-2H3;1H;/q-1;;+1. The van der Waals surface area contributed by atoms with Gasteiger partial charge in [-0.15, -0.1) is 0 Å². The molecule has 0 aliphatic carbocycles. The topological polar surface area (TPSA) is 0 Å². The summed E-state index contributed by atoms with van der Waals surface area (Å²) in [6.07, 6.45) is 2.00. The van der Waals surface area contributed by atoms with E-state index < -0.39 is 0 Å². The zero-order valence-corrected chi connectivity index (χ0v) is 3.99. The molecule has 0 radical (unpaired) electrons. The zero-order valence-electron chi connectivity index (χ0n) is 3.99. The molecule has 28 valence electrons. The van der Waals surface area contributed by atoms with Crippen LogP contribution in [-0.2, 0) is 0 Å². The first-order valence-electron chi connectivity index (χ1n) is 1.15. The van der Waals surface area contributed by atoms with Gasteiger partial charge in [0.1, 0.15) is 0 Å². The molecule has 0 amide bonds. The third-order valence-electron chi connectivity index (χ3n) is 0. The zero-order chi connectivity index (χ0) is 2.71. The summed E-state index contributed by atoms with van der Waals surface area (Å²) < 4.78 is 0. The molecule has 0 atom stereocenters. The van der Waals surface area contributed by atoms with Crippen LogP contribution < -0.4 is 18.9 Å². The number of hydrogen-bond acceptors (Lipinski definition) is 0. The van der Waals surface area contributed by atoms with Crippen LogP contribution in [0.1, 0.15) is 13.8 Å². The van der Waals surface area contributed by atoms with Gasteiger partial charge in [0.05, 0.1) is 0 Å². The van der Waals surface area contributed by atoms with Gasteiger partial charge in [-0.3, -0.25) is 4.70 Å². The third-order valence-corrected chi connectivity index (χ3v) is 0. The van der Waals surface area contributed by atoms with E-state index in [2.05, 4.69) is 0 Å². The molecular weight excluding hydrogens is 62.0 g/mol. The largest absolute Gasteiger partial charge is 1.00 e. The van der Waals surface area contributed by atoms with Crippen LogP contribution in [0.3, 0.4) is 0 Å². The van der Waals surface area contributed by atoms with Crippen LogP contribution in [0, 0.1) is 6.42 Å². The van der Waals surface area contributed by atoms with Crippen LogP contribution in [-0.4, -0.2) is 0 Å². The van der Waals surface area contributed by atoms with E-state index in [-0.39, 0.29) is 23.6 Å². The molecule has 0 rings (SSSR count). The summed E-state index contributed by atoms with van der Waals surface area (Å²) in [6.45, 7) is 4.00. The number of halogens is 1. The van der Waals surface area contributed by atoms with Crippen LogP contribution in [0.4, 0.5) is 4.70 Å². The molecule has 0 unspecified atom stereocenters. The fourth-order valence-corrected chi connectivity index (χ4v) is 0. The smallest absolute Gasteiger partial charge is 0.335 e. The van der Waals surface area contributed by atoms with Crippen molar-refractivity contribution < 1.29 is 23.6 Å². The van der Waals surface area contributed by atoms with Crippen LogP contribution in [0.2, 0.25) is 0 Å². The maximum absolute atomic E-state index is 2.00. The Bertz CT molecular complexity index is 6.85. The van der Waals surface area contributed by atoms with Crippen molar-refractivity contribution >= 4 is 0 Å². The first-order chi connectivity index (χ1) is 1.41. The fourth-order valence-electron chi connectivity index (χ4n) is 0. The van der Waals surface area contributed by atoms with E-state index in [0.717, 1.165) is 0 Å². The summed E-state index contributed by atoms with van der Waals surface area (Å²) in [5.74, 6) is 0. The molecule has 0 aromatic heterocycles. The van der Waals surface area contributed by atoms with Gasteiger partial charge in [0.2, 0.25) is 0 Å². The molecule has 0 N–H and O–H groups in total. The van der Waals surface area contributed by atoms with Crippen molar-refractivity contribution in [3.63, 3.8) is 0 Å². The van der Waals surface area contributed by atoms with Gasteiger partial charge in [-0.1, -0.05) is 0 Å². The molecule has 0 spiro atoms. The number of hydrogen-bond donors (Lipinski definition) is 0. The average molecular weight is 70.0 g/mol. The summed E-state index contributed by atoms with van der Waals surface area (Å²) in [5, 5.41) is 0. The minimum Gasteiger partial charge on any atom is -0.335 e. The van der Waals surface area contributed by atoms with Crippen molar-refractivity contribution in [3.8, 4) is 0 Å². The predicted molar refractivity (Wildman–Crippen MR) is 18.2 cm³/mol. The molecule has 0 saturated heterocycles. The Hall–Kier alpha value is 0.527. The predicted octanol–water partition coefficient (Wildman–Crippen LogP) is -1.61. The summed E-state index contributed by atoms with van der Waals surface area (Å²) in [5.41, 5.74) is 0. The SMILES string of the molecule is C[CH-]C.F.[Li+]. The van der Waals surface area contributed by atoms with E-state index in [1.807, 2.05) is 20.3 Å². The van der Waals surface area contributed by atoms with Crippen LogP contribution in [0.25, 0.3) is 0 Å². The molecule has 2 heteroatoms. The average Bonchev–Trinajstić information content (AvgIpc) is 0.918. The maximum atomic E-state index is 2.00. The monoisotopic (exact) mass is 70.1 g/mol. The quantitative estimate of drug-likeness (QED) is 0.237. The van der Waals surface area contributed by atoms with Gasteiger partial charge in [0, 0.05) is 0 Å². The maximum Gasteiger partial charge on any atom is 1.00 e. The van der Waals surface area contributed by atoms with E-state index in [1.54, 1.807) is 0 Å². The van der Waals surface area contributed by atoms with E-state index in [1.165, 1.54) is 0 Å². The van der Waals surface area contributed by atoms with Gasteiger partial charge < -0.3 is 6.42 Å². The minimum atomic E-state index is 0. The van der Waals surface area contributed by atoms with Gasteiger partial charge in [-0.2, -0.15) is 13.8 Å². The fraction of sp³-hybridized carbons (Fsp3) is 0.667. The second-order valence-electron chi connectivity index (χ2n) is 0.577. The van der Waals surface area contributed by atoms with Crippen molar-refractivity contribution in [2.75, 3.05) is 0 Å². The van der Waals surface area contributed by atoms with Crippen LogP contribution in [0.5, 0.6) is 0 Å². The van der Waals surface area contributed by atoms with Crippen molar-refractivity contribution in [1.29, 1.82) is 0 Å². The third kappa shape index (κ3) is 104. The summed E-state index contributed by atoms with van der Waals surface area (Å²) >= 11 is 0. The normalized spacial score (nSPS) is 3.60. The second-order valence-corrected chi connectivity index (χ2v) is 0.577. The second kappa shape index (κ2) is 24.1. The van der Waals surface area contributed by atoms with Crippen LogP contribution >= 0.6 is 0 Å².